The van der Waals surface area contributed by atoms with Crippen molar-refractivity contribution in [2.24, 2.45) is 0 Å². The van der Waals surface area contributed by atoms with Gasteiger partial charge in [0.15, 0.2) is 6.10 Å². The molecule has 0 spiro atoms. The first-order chi connectivity index (χ1) is 12.6. The maximum Gasteiger partial charge on any atom is 0.202 e. The number of hydrogen-bond acceptors (Lipinski definition) is 3. The third-order valence-corrected chi connectivity index (χ3v) is 4.21. The molecule has 0 saturated carbocycles. The van der Waals surface area contributed by atoms with E-state index in [0.717, 1.165) is 5.56 Å². The molecule has 132 valence electrons. The van der Waals surface area contributed by atoms with Gasteiger partial charge in [-0.05, 0) is 48.9 Å². The van der Waals surface area contributed by atoms with Crippen LogP contribution in [0.25, 0.3) is 0 Å². The number of carbonyl (C=O) groups is 1. The van der Waals surface area contributed by atoms with Gasteiger partial charge in [0.25, 0.3) is 0 Å². The number of Topliss-reactive ketones (excluding diaryl/α,β-unsaturated/α-hetero) is 1. The third-order valence-electron chi connectivity index (χ3n) is 3.90. The van der Waals surface area contributed by atoms with Gasteiger partial charge >= 0.3 is 0 Å². The first-order valence-corrected chi connectivity index (χ1v) is 8.73. The molecule has 3 aromatic carbocycles. The van der Waals surface area contributed by atoms with Crippen molar-refractivity contribution in [3.05, 3.63) is 95.0 Å². The molecule has 0 bridgehead atoms. The van der Waals surface area contributed by atoms with Crippen molar-refractivity contribution in [3.8, 4) is 11.5 Å². The maximum atomic E-state index is 12.5. The predicted molar refractivity (Wildman–Crippen MR) is 103 cm³/mol. The smallest absolute Gasteiger partial charge is 0.202 e. The fraction of sp³-hybridized carbons (Fsp3) is 0.136. The molecule has 3 rings (SSSR count). The van der Waals surface area contributed by atoms with E-state index >= 15 is 0 Å². The van der Waals surface area contributed by atoms with E-state index in [-0.39, 0.29) is 5.78 Å². The summed E-state index contributed by atoms with van der Waals surface area (Å²) in [7, 11) is 0. The van der Waals surface area contributed by atoms with Crippen molar-refractivity contribution >= 4 is 17.4 Å². The molecule has 4 heteroatoms. The predicted octanol–water partition coefficient (Wildman–Crippen LogP) is 5.57. The summed E-state index contributed by atoms with van der Waals surface area (Å²) >= 11 is 6.07. The van der Waals surface area contributed by atoms with Gasteiger partial charge in [-0.15, -0.1) is 0 Å². The van der Waals surface area contributed by atoms with Crippen LogP contribution in [0.2, 0.25) is 5.02 Å². The quantitative estimate of drug-likeness (QED) is 0.513. The molecule has 0 aliphatic heterocycles. The van der Waals surface area contributed by atoms with E-state index in [1.54, 1.807) is 43.3 Å². The Morgan fingerprint density at radius 2 is 1.58 bits per heavy atom. The average Bonchev–Trinajstić information content (AvgIpc) is 2.69. The summed E-state index contributed by atoms with van der Waals surface area (Å²) in [4.78, 5) is 12.5. The number of ether oxygens (including phenoxy) is 2. The van der Waals surface area contributed by atoms with Gasteiger partial charge in [-0.3, -0.25) is 4.79 Å². The monoisotopic (exact) mass is 366 g/mol. The molecule has 3 aromatic rings. The molecule has 0 aliphatic carbocycles. The van der Waals surface area contributed by atoms with Crippen LogP contribution in [0.3, 0.4) is 0 Å². The molecule has 1 atom stereocenters. The molecule has 1 unspecified atom stereocenters. The second-order valence-electron chi connectivity index (χ2n) is 5.85. The summed E-state index contributed by atoms with van der Waals surface area (Å²) in [5.41, 5.74) is 1.66. The van der Waals surface area contributed by atoms with Gasteiger partial charge in [0.2, 0.25) is 5.78 Å². The van der Waals surface area contributed by atoms with Crippen LogP contribution in [0.1, 0.15) is 22.8 Å². The van der Waals surface area contributed by atoms with Crippen LogP contribution in [-0.4, -0.2) is 11.9 Å². The Morgan fingerprint density at radius 3 is 2.27 bits per heavy atom. The fourth-order valence-corrected chi connectivity index (χ4v) is 2.66. The lowest BCUT2D eigenvalue weighted by Gasteiger charge is -2.15. The lowest BCUT2D eigenvalue weighted by atomic mass is 10.1. The van der Waals surface area contributed by atoms with E-state index in [1.807, 2.05) is 42.5 Å². The Bertz CT molecular complexity index is 860. The highest BCUT2D eigenvalue weighted by Crippen LogP contribution is 2.25. The topological polar surface area (TPSA) is 35.5 Å². The van der Waals surface area contributed by atoms with Gasteiger partial charge in [-0.25, -0.2) is 0 Å². The number of hydrogen-bond donors (Lipinski definition) is 0. The largest absolute Gasteiger partial charge is 0.489 e. The Hall–Kier alpha value is -2.78. The molecular formula is C22H19ClO3. The van der Waals surface area contributed by atoms with Crippen LogP contribution in [0.5, 0.6) is 11.5 Å². The minimum Gasteiger partial charge on any atom is -0.489 e. The minimum atomic E-state index is -0.633. The summed E-state index contributed by atoms with van der Waals surface area (Å²) in [6, 6.07) is 24.1. The molecule has 0 fully saturated rings. The number of benzene rings is 3. The summed E-state index contributed by atoms with van der Waals surface area (Å²) in [5, 5.41) is 0.483. The SMILES string of the molecule is CC(Oc1ccccc1Cl)C(=O)c1ccc(OCc2ccccc2)cc1. The number of ketones is 1. The van der Waals surface area contributed by atoms with Crippen molar-refractivity contribution in [2.45, 2.75) is 19.6 Å². The summed E-state index contributed by atoms with van der Waals surface area (Å²) < 4.78 is 11.4. The summed E-state index contributed by atoms with van der Waals surface area (Å²) in [6.45, 7) is 2.20. The minimum absolute atomic E-state index is 0.112. The zero-order valence-corrected chi connectivity index (χ0v) is 15.1. The molecule has 0 aliphatic rings. The highest BCUT2D eigenvalue weighted by molar-refractivity contribution is 6.32. The number of carbonyl (C=O) groups excluding carboxylic acids is 1. The lowest BCUT2D eigenvalue weighted by Crippen LogP contribution is -2.24. The molecule has 0 N–H and O–H groups in total. The number of halogens is 1. The maximum absolute atomic E-state index is 12.5. The Kier molecular flexibility index (Phi) is 5.92. The highest BCUT2D eigenvalue weighted by atomic mass is 35.5. The van der Waals surface area contributed by atoms with E-state index < -0.39 is 6.10 Å². The van der Waals surface area contributed by atoms with Crippen LogP contribution < -0.4 is 9.47 Å². The van der Waals surface area contributed by atoms with E-state index in [1.165, 1.54) is 0 Å². The molecular weight excluding hydrogens is 348 g/mol. The van der Waals surface area contributed by atoms with Crippen LogP contribution in [-0.2, 0) is 6.61 Å². The first-order valence-electron chi connectivity index (χ1n) is 8.35. The van der Waals surface area contributed by atoms with Gasteiger partial charge < -0.3 is 9.47 Å². The van der Waals surface area contributed by atoms with Gasteiger partial charge in [-0.2, -0.15) is 0 Å². The van der Waals surface area contributed by atoms with Crippen LogP contribution in [0.4, 0.5) is 0 Å². The Labute approximate surface area is 158 Å². The van der Waals surface area contributed by atoms with Crippen LogP contribution >= 0.6 is 11.6 Å². The second-order valence-corrected chi connectivity index (χ2v) is 6.26. The molecule has 0 amide bonds. The van der Waals surface area contributed by atoms with E-state index in [4.69, 9.17) is 21.1 Å². The average molecular weight is 367 g/mol. The lowest BCUT2D eigenvalue weighted by molar-refractivity contribution is 0.0818. The molecule has 0 saturated heterocycles. The van der Waals surface area contributed by atoms with Crippen molar-refractivity contribution < 1.29 is 14.3 Å². The van der Waals surface area contributed by atoms with Crippen molar-refractivity contribution in [1.82, 2.24) is 0 Å². The van der Waals surface area contributed by atoms with Gasteiger partial charge in [0, 0.05) is 5.56 Å². The van der Waals surface area contributed by atoms with Crippen LogP contribution in [0.15, 0.2) is 78.9 Å². The second kappa shape index (κ2) is 8.54. The number of rotatable bonds is 7. The third kappa shape index (κ3) is 4.64. The summed E-state index contributed by atoms with van der Waals surface area (Å²) in [5.74, 6) is 1.10. The molecule has 26 heavy (non-hydrogen) atoms. The Morgan fingerprint density at radius 1 is 0.923 bits per heavy atom. The molecule has 0 heterocycles. The van der Waals surface area contributed by atoms with Crippen molar-refractivity contribution in [1.29, 1.82) is 0 Å². The summed E-state index contributed by atoms with van der Waals surface area (Å²) in [6.07, 6.45) is -0.633. The standard InChI is InChI=1S/C22H19ClO3/c1-16(26-21-10-6-5-9-20(21)23)22(24)18-11-13-19(14-12-18)25-15-17-7-3-2-4-8-17/h2-14,16H,15H2,1H3. The van der Waals surface area contributed by atoms with Crippen molar-refractivity contribution in [2.75, 3.05) is 0 Å². The van der Waals surface area contributed by atoms with Gasteiger partial charge in [0.1, 0.15) is 18.1 Å². The zero-order chi connectivity index (χ0) is 18.4. The molecule has 0 radical (unpaired) electrons. The molecule has 0 aromatic heterocycles. The fourth-order valence-electron chi connectivity index (χ4n) is 2.48. The van der Waals surface area contributed by atoms with E-state index in [9.17, 15) is 4.79 Å². The first kappa shape index (κ1) is 18.0. The van der Waals surface area contributed by atoms with Crippen molar-refractivity contribution in [3.63, 3.8) is 0 Å². The van der Waals surface area contributed by atoms with Crippen LogP contribution in [0, 0.1) is 0 Å². The zero-order valence-electron chi connectivity index (χ0n) is 14.4. The van der Waals surface area contributed by atoms with Gasteiger partial charge in [-0.1, -0.05) is 54.1 Å². The highest BCUT2D eigenvalue weighted by Gasteiger charge is 2.18. The molecule has 3 nitrogen and oxygen atoms in total. The normalized spacial score (nSPS) is 11.6. The Balaban J connectivity index is 1.60. The van der Waals surface area contributed by atoms with E-state index in [0.29, 0.717) is 28.7 Å². The number of para-hydroxylation sites is 1. The van der Waals surface area contributed by atoms with Gasteiger partial charge in [0.05, 0.1) is 5.02 Å². The van der Waals surface area contributed by atoms with E-state index in [2.05, 4.69) is 0 Å².